The summed E-state index contributed by atoms with van der Waals surface area (Å²) >= 11 is 0. The predicted molar refractivity (Wildman–Crippen MR) is 161 cm³/mol. The molecule has 1 aliphatic rings. The molecule has 2 N–H and O–H groups in total. The highest BCUT2D eigenvalue weighted by molar-refractivity contribution is 5.89. The van der Waals surface area contributed by atoms with Crippen LogP contribution in [0.5, 0.6) is 5.75 Å². The number of nitrogens with zero attached hydrogens (tertiary/aromatic N) is 6. The number of nitrogens with one attached hydrogen (secondary N) is 2. The van der Waals surface area contributed by atoms with Crippen LogP contribution in [0.1, 0.15) is 23.2 Å². The molecule has 0 saturated heterocycles. The van der Waals surface area contributed by atoms with Crippen LogP contribution in [0, 0.1) is 0 Å². The Labute approximate surface area is 246 Å². The number of hydrogen-bond acceptors (Lipinski definition) is 9. The van der Waals surface area contributed by atoms with Crippen molar-refractivity contribution >= 4 is 29.2 Å². The number of halogens is 1. The molecule has 12 heteroatoms. The minimum Gasteiger partial charge on any atom is -0.465 e. The monoisotopic (exact) mass is 580 g/mol. The van der Waals surface area contributed by atoms with Gasteiger partial charge in [0, 0.05) is 49.0 Å². The van der Waals surface area contributed by atoms with Crippen molar-refractivity contribution in [2.75, 3.05) is 31.7 Å². The summed E-state index contributed by atoms with van der Waals surface area (Å²) < 4.78 is 25.6. The summed E-state index contributed by atoms with van der Waals surface area (Å²) in [5.74, 6) is 3.01. The van der Waals surface area contributed by atoms with E-state index in [1.54, 1.807) is 24.3 Å². The van der Waals surface area contributed by atoms with E-state index in [2.05, 4.69) is 35.3 Å². The molecule has 4 aromatic heterocycles. The van der Waals surface area contributed by atoms with Crippen molar-refractivity contribution in [3.05, 3.63) is 91.0 Å². The highest BCUT2D eigenvalue weighted by Gasteiger charge is 2.21. The van der Waals surface area contributed by atoms with E-state index in [0.29, 0.717) is 28.9 Å². The first-order valence-corrected chi connectivity index (χ1v) is 13.7. The molecule has 0 amide bonds. The van der Waals surface area contributed by atoms with Gasteiger partial charge in [0.1, 0.15) is 17.4 Å². The van der Waals surface area contributed by atoms with Gasteiger partial charge in [0.15, 0.2) is 0 Å². The van der Waals surface area contributed by atoms with Crippen molar-refractivity contribution in [2.45, 2.75) is 18.9 Å². The van der Waals surface area contributed by atoms with Crippen molar-refractivity contribution in [2.24, 2.45) is 0 Å². The number of ether oxygens (including phenoxy) is 2. The van der Waals surface area contributed by atoms with E-state index in [4.69, 9.17) is 4.74 Å². The van der Waals surface area contributed by atoms with Crippen molar-refractivity contribution in [3.63, 3.8) is 0 Å². The summed E-state index contributed by atoms with van der Waals surface area (Å²) in [5, 5.41) is 6.34. The standard InChI is InChI=1S/C16H15FN4O.C15H14N4O2/c17-10-22-13-3-1-2-11(8-13)14-9-21-7-6-15(18-12-4-5-12)20-16(21)19-14;1-16-13-7-8-19-9-12(17-15(19)18-13)10-3-5-11(6-4-10)14(20)21-2/h1-3,6-9,12H,4-5,10H2,(H,18,19,20);3-9H,1-2H3,(H,16,17,18). The first-order valence-electron chi connectivity index (χ1n) is 13.7. The number of anilines is 2. The van der Waals surface area contributed by atoms with Crippen LogP contribution < -0.4 is 15.4 Å². The second-order valence-corrected chi connectivity index (χ2v) is 9.81. The number of imidazole rings is 2. The third-order valence-electron chi connectivity index (χ3n) is 6.79. The summed E-state index contributed by atoms with van der Waals surface area (Å²) in [6.07, 6.45) is 10.0. The lowest BCUT2D eigenvalue weighted by molar-refractivity contribution is 0.0600. The largest absolute Gasteiger partial charge is 0.465 e. The topological polar surface area (TPSA) is 120 Å². The Bertz CT molecular complexity index is 1880. The molecule has 0 spiro atoms. The van der Waals surface area contributed by atoms with Crippen LogP contribution in [0.2, 0.25) is 0 Å². The quantitative estimate of drug-likeness (QED) is 0.225. The van der Waals surface area contributed by atoms with Crippen LogP contribution in [0.3, 0.4) is 0 Å². The molecule has 0 bridgehead atoms. The summed E-state index contributed by atoms with van der Waals surface area (Å²) in [7, 11) is 3.18. The molecule has 4 heterocycles. The fourth-order valence-electron chi connectivity index (χ4n) is 4.38. The average molecular weight is 581 g/mol. The van der Waals surface area contributed by atoms with Gasteiger partial charge in [-0.05, 0) is 49.2 Å². The Kier molecular flexibility index (Phi) is 7.81. The number of esters is 1. The van der Waals surface area contributed by atoms with Crippen molar-refractivity contribution in [1.29, 1.82) is 0 Å². The van der Waals surface area contributed by atoms with E-state index in [1.807, 2.05) is 77.0 Å². The normalized spacial score (nSPS) is 12.4. The molecule has 1 aliphatic carbocycles. The first kappa shape index (κ1) is 27.6. The van der Waals surface area contributed by atoms with Gasteiger partial charge in [-0.15, -0.1) is 0 Å². The maximum Gasteiger partial charge on any atom is 0.337 e. The van der Waals surface area contributed by atoms with Crippen LogP contribution in [0.15, 0.2) is 85.5 Å². The Morgan fingerprint density at radius 2 is 1.53 bits per heavy atom. The number of alkyl halides is 1. The van der Waals surface area contributed by atoms with Crippen molar-refractivity contribution < 1.29 is 18.7 Å². The highest BCUT2D eigenvalue weighted by atomic mass is 19.1. The lowest BCUT2D eigenvalue weighted by Crippen LogP contribution is -2.03. The third kappa shape index (κ3) is 6.38. The molecule has 0 atom stereocenters. The van der Waals surface area contributed by atoms with Crippen LogP contribution in [-0.2, 0) is 4.74 Å². The maximum atomic E-state index is 12.3. The molecule has 0 radical (unpaired) electrons. The second-order valence-electron chi connectivity index (χ2n) is 9.81. The number of fused-ring (bicyclic) bond motifs is 2. The molecule has 2 aromatic carbocycles. The van der Waals surface area contributed by atoms with Gasteiger partial charge in [0.05, 0.1) is 24.1 Å². The second kappa shape index (κ2) is 12.1. The van der Waals surface area contributed by atoms with Gasteiger partial charge in [-0.1, -0.05) is 24.3 Å². The third-order valence-corrected chi connectivity index (χ3v) is 6.79. The molecule has 218 valence electrons. The fraction of sp³-hybridized carbons (Fsp3) is 0.194. The van der Waals surface area contributed by atoms with Crippen LogP contribution in [-0.4, -0.2) is 61.8 Å². The predicted octanol–water partition coefficient (Wildman–Crippen LogP) is 5.50. The molecule has 1 fully saturated rings. The number of carbonyl (C=O) groups is 1. The summed E-state index contributed by atoms with van der Waals surface area (Å²) in [6, 6.07) is 18.7. The molecule has 11 nitrogen and oxygen atoms in total. The molecular formula is C31H29FN8O3. The lowest BCUT2D eigenvalue weighted by Gasteiger charge is -2.02. The minimum absolute atomic E-state index is 0.350. The van der Waals surface area contributed by atoms with E-state index >= 15 is 0 Å². The Hall–Kier alpha value is -5.52. The molecule has 7 rings (SSSR count). The van der Waals surface area contributed by atoms with Gasteiger partial charge in [-0.2, -0.15) is 9.97 Å². The smallest absolute Gasteiger partial charge is 0.337 e. The van der Waals surface area contributed by atoms with Gasteiger partial charge in [0.25, 0.3) is 0 Å². The zero-order valence-corrected chi connectivity index (χ0v) is 23.6. The molecule has 0 unspecified atom stereocenters. The van der Waals surface area contributed by atoms with Crippen molar-refractivity contribution in [1.82, 2.24) is 28.7 Å². The maximum absolute atomic E-state index is 12.3. The minimum atomic E-state index is -0.841. The zero-order valence-electron chi connectivity index (χ0n) is 23.6. The highest BCUT2D eigenvalue weighted by Crippen LogP contribution is 2.26. The van der Waals surface area contributed by atoms with Crippen LogP contribution >= 0.6 is 0 Å². The van der Waals surface area contributed by atoms with E-state index < -0.39 is 6.86 Å². The Morgan fingerprint density at radius 1 is 0.884 bits per heavy atom. The average Bonchev–Trinajstić information content (AvgIpc) is 3.59. The van der Waals surface area contributed by atoms with Crippen LogP contribution in [0.4, 0.5) is 16.0 Å². The number of benzene rings is 2. The number of methoxy groups -OCH3 is 1. The summed E-state index contributed by atoms with van der Waals surface area (Å²) in [6.45, 7) is -0.841. The number of hydrogen-bond donors (Lipinski definition) is 2. The molecular weight excluding hydrogens is 551 g/mol. The number of rotatable bonds is 8. The fourth-order valence-corrected chi connectivity index (χ4v) is 4.38. The lowest BCUT2D eigenvalue weighted by atomic mass is 10.1. The number of carbonyl (C=O) groups excluding carboxylic acids is 1. The Balaban J connectivity index is 0.000000153. The summed E-state index contributed by atoms with van der Waals surface area (Å²) in [5.41, 5.74) is 3.88. The molecule has 0 aliphatic heterocycles. The van der Waals surface area contributed by atoms with Crippen molar-refractivity contribution in [3.8, 4) is 28.3 Å². The van der Waals surface area contributed by atoms with E-state index in [-0.39, 0.29) is 5.97 Å². The molecule has 6 aromatic rings. The first-order chi connectivity index (χ1) is 21.0. The van der Waals surface area contributed by atoms with E-state index in [0.717, 1.165) is 34.2 Å². The van der Waals surface area contributed by atoms with Crippen LogP contribution in [0.25, 0.3) is 34.1 Å². The summed E-state index contributed by atoms with van der Waals surface area (Å²) in [4.78, 5) is 29.3. The SMILES string of the molecule is CNc1ccn2cc(-c3ccc(C(=O)OC)cc3)nc2n1.FCOc1cccc(-c2cn3ccc(NC4CC4)nc3n2)c1. The van der Waals surface area contributed by atoms with E-state index in [1.165, 1.54) is 20.0 Å². The van der Waals surface area contributed by atoms with Gasteiger partial charge < -0.3 is 20.1 Å². The van der Waals surface area contributed by atoms with Gasteiger partial charge >= 0.3 is 5.97 Å². The molecule has 1 saturated carbocycles. The zero-order chi connectivity index (χ0) is 29.8. The number of aromatic nitrogens is 6. The van der Waals surface area contributed by atoms with E-state index in [9.17, 15) is 9.18 Å². The van der Waals surface area contributed by atoms with Gasteiger partial charge in [0.2, 0.25) is 18.4 Å². The molecule has 43 heavy (non-hydrogen) atoms. The van der Waals surface area contributed by atoms with Gasteiger partial charge in [-0.25, -0.2) is 19.2 Å². The Morgan fingerprint density at radius 3 is 2.16 bits per heavy atom. The van der Waals surface area contributed by atoms with Gasteiger partial charge in [-0.3, -0.25) is 8.80 Å².